The van der Waals surface area contributed by atoms with Crippen LogP contribution in [0.5, 0.6) is 5.75 Å². The van der Waals surface area contributed by atoms with E-state index >= 15 is 0 Å². The molecule has 3 aromatic carbocycles. The summed E-state index contributed by atoms with van der Waals surface area (Å²) < 4.78 is 10.7. The van der Waals surface area contributed by atoms with Crippen molar-refractivity contribution >= 4 is 35.1 Å². The van der Waals surface area contributed by atoms with Crippen LogP contribution in [-0.2, 0) is 9.53 Å². The third-order valence-corrected chi connectivity index (χ3v) is 6.41. The van der Waals surface area contributed by atoms with Crippen molar-refractivity contribution in [1.29, 1.82) is 0 Å². The molecule has 1 unspecified atom stereocenters. The van der Waals surface area contributed by atoms with Crippen LogP contribution in [0.4, 0.5) is 21.0 Å². The zero-order valence-electron chi connectivity index (χ0n) is 22.9. The maximum Gasteiger partial charge on any atom is 0.338 e. The first-order valence-electron chi connectivity index (χ1n) is 13.3. The lowest BCUT2D eigenvalue weighted by atomic mass is 9.91. The molecule has 3 N–H and O–H groups in total. The van der Waals surface area contributed by atoms with Crippen LogP contribution < -0.4 is 20.7 Å². The van der Waals surface area contributed by atoms with Crippen molar-refractivity contribution in [3.05, 3.63) is 95.6 Å². The van der Waals surface area contributed by atoms with Gasteiger partial charge in [0.25, 0.3) is 0 Å². The molecule has 40 heavy (non-hydrogen) atoms. The van der Waals surface area contributed by atoms with Gasteiger partial charge in [-0.15, -0.1) is 0 Å². The fourth-order valence-electron chi connectivity index (χ4n) is 4.56. The minimum absolute atomic E-state index is 0.187. The summed E-state index contributed by atoms with van der Waals surface area (Å²) in [6.07, 6.45) is 1.65. The SMILES string of the molecule is CCCCN1C(=O)NC(c2cccc(NC(=O)Nc3cccc(OC)c3)c2)C(C(=O)OCC)=C1c1ccccc1. The van der Waals surface area contributed by atoms with Crippen molar-refractivity contribution in [3.8, 4) is 5.75 Å². The second-order valence-electron chi connectivity index (χ2n) is 9.17. The first-order chi connectivity index (χ1) is 19.4. The highest BCUT2D eigenvalue weighted by molar-refractivity contribution is 6.05. The van der Waals surface area contributed by atoms with E-state index < -0.39 is 18.0 Å². The number of carbonyl (C=O) groups is 3. The molecule has 1 aliphatic rings. The molecule has 208 valence electrons. The first-order valence-corrected chi connectivity index (χ1v) is 13.3. The molecule has 0 aliphatic carbocycles. The van der Waals surface area contributed by atoms with Gasteiger partial charge in [0.2, 0.25) is 0 Å². The Morgan fingerprint density at radius 1 is 0.925 bits per heavy atom. The summed E-state index contributed by atoms with van der Waals surface area (Å²) in [6.45, 7) is 4.43. The normalized spacial score (nSPS) is 14.8. The number of amides is 4. The molecule has 1 aliphatic heterocycles. The fourth-order valence-corrected chi connectivity index (χ4v) is 4.56. The molecule has 0 radical (unpaired) electrons. The predicted octanol–water partition coefficient (Wildman–Crippen LogP) is 6.18. The Balaban J connectivity index is 1.71. The van der Waals surface area contributed by atoms with Gasteiger partial charge in [-0.05, 0) is 48.7 Å². The zero-order chi connectivity index (χ0) is 28.5. The highest BCUT2D eigenvalue weighted by Crippen LogP contribution is 2.37. The van der Waals surface area contributed by atoms with E-state index in [1.165, 1.54) is 0 Å². The van der Waals surface area contributed by atoms with E-state index in [0.29, 0.717) is 40.5 Å². The van der Waals surface area contributed by atoms with Crippen LogP contribution in [0.3, 0.4) is 0 Å². The van der Waals surface area contributed by atoms with Crippen molar-refractivity contribution in [3.63, 3.8) is 0 Å². The summed E-state index contributed by atoms with van der Waals surface area (Å²) in [5.74, 6) is 0.107. The number of carbonyl (C=O) groups excluding carboxylic acids is 3. The minimum Gasteiger partial charge on any atom is -0.497 e. The summed E-state index contributed by atoms with van der Waals surface area (Å²) in [6, 6.07) is 21.9. The summed E-state index contributed by atoms with van der Waals surface area (Å²) in [5.41, 5.74) is 3.29. The lowest BCUT2D eigenvalue weighted by molar-refractivity contribution is -0.138. The van der Waals surface area contributed by atoms with Gasteiger partial charge in [0.1, 0.15) is 5.75 Å². The number of esters is 1. The van der Waals surface area contributed by atoms with Crippen LogP contribution in [0.15, 0.2) is 84.4 Å². The fraction of sp³-hybridized carbons (Fsp3) is 0.258. The molecule has 0 saturated carbocycles. The van der Waals surface area contributed by atoms with Gasteiger partial charge in [-0.3, -0.25) is 4.90 Å². The second kappa shape index (κ2) is 13.3. The molecule has 0 bridgehead atoms. The Morgan fingerprint density at radius 3 is 2.30 bits per heavy atom. The Labute approximate surface area is 234 Å². The lowest BCUT2D eigenvalue weighted by Crippen LogP contribution is -2.48. The van der Waals surface area contributed by atoms with E-state index in [4.69, 9.17) is 9.47 Å². The third kappa shape index (κ3) is 6.61. The van der Waals surface area contributed by atoms with Crippen LogP contribution in [0.25, 0.3) is 5.70 Å². The van der Waals surface area contributed by atoms with Crippen LogP contribution in [-0.4, -0.2) is 43.2 Å². The molecule has 0 fully saturated rings. The van der Waals surface area contributed by atoms with Gasteiger partial charge in [-0.25, -0.2) is 14.4 Å². The highest BCUT2D eigenvalue weighted by atomic mass is 16.5. The second-order valence-corrected chi connectivity index (χ2v) is 9.17. The van der Waals surface area contributed by atoms with Crippen LogP contribution >= 0.6 is 0 Å². The molecular weight excluding hydrogens is 508 g/mol. The van der Waals surface area contributed by atoms with E-state index in [1.54, 1.807) is 67.5 Å². The maximum absolute atomic E-state index is 13.5. The van der Waals surface area contributed by atoms with Crippen molar-refractivity contribution in [2.75, 3.05) is 30.9 Å². The van der Waals surface area contributed by atoms with E-state index in [1.807, 2.05) is 37.3 Å². The highest BCUT2D eigenvalue weighted by Gasteiger charge is 2.38. The molecule has 9 nitrogen and oxygen atoms in total. The van der Waals surface area contributed by atoms with Crippen LogP contribution in [0, 0.1) is 0 Å². The van der Waals surface area contributed by atoms with E-state index in [0.717, 1.165) is 18.4 Å². The predicted molar refractivity (Wildman–Crippen MR) is 155 cm³/mol. The summed E-state index contributed by atoms with van der Waals surface area (Å²) >= 11 is 0. The van der Waals surface area contributed by atoms with Gasteiger partial charge in [-0.2, -0.15) is 0 Å². The smallest absolute Gasteiger partial charge is 0.338 e. The molecule has 0 saturated heterocycles. The average Bonchev–Trinajstić information content (AvgIpc) is 2.96. The molecule has 4 amide bonds. The van der Waals surface area contributed by atoms with E-state index in [9.17, 15) is 14.4 Å². The quantitative estimate of drug-likeness (QED) is 0.265. The number of benzene rings is 3. The molecule has 3 aromatic rings. The van der Waals surface area contributed by atoms with E-state index in [2.05, 4.69) is 16.0 Å². The monoisotopic (exact) mass is 542 g/mol. The Hall–Kier alpha value is -4.79. The zero-order valence-corrected chi connectivity index (χ0v) is 22.9. The summed E-state index contributed by atoms with van der Waals surface area (Å²) in [5, 5.41) is 8.60. The largest absolute Gasteiger partial charge is 0.497 e. The minimum atomic E-state index is -0.789. The molecule has 1 atom stereocenters. The third-order valence-electron chi connectivity index (χ3n) is 6.41. The molecule has 0 spiro atoms. The van der Waals surface area contributed by atoms with Gasteiger partial charge in [-0.1, -0.05) is 61.9 Å². The van der Waals surface area contributed by atoms with E-state index in [-0.39, 0.29) is 12.6 Å². The van der Waals surface area contributed by atoms with Crippen molar-refractivity contribution in [1.82, 2.24) is 10.2 Å². The number of ether oxygens (including phenoxy) is 2. The molecule has 4 rings (SSSR count). The summed E-state index contributed by atoms with van der Waals surface area (Å²) in [7, 11) is 1.56. The van der Waals surface area contributed by atoms with Crippen LogP contribution in [0.2, 0.25) is 0 Å². The lowest BCUT2D eigenvalue weighted by Gasteiger charge is -2.37. The molecular formula is C31H34N4O5. The molecule has 0 aromatic heterocycles. The van der Waals surface area contributed by atoms with Crippen molar-refractivity contribution in [2.24, 2.45) is 0 Å². The summed E-state index contributed by atoms with van der Waals surface area (Å²) in [4.78, 5) is 41.3. The molecule has 9 heteroatoms. The maximum atomic E-state index is 13.5. The standard InChI is InChI=1S/C31H34N4O5/c1-4-6-18-35-28(21-12-8-7-9-13-21)26(29(36)40-5-2)27(34-31(35)38)22-14-10-15-23(19-22)32-30(37)33-24-16-11-17-25(20-24)39-3/h7-17,19-20,27H,4-6,18H2,1-3H3,(H,34,38)(H2,32,33,37). The van der Waals surface area contributed by atoms with Gasteiger partial charge in [0.15, 0.2) is 0 Å². The number of hydrogen-bond acceptors (Lipinski definition) is 5. The number of nitrogens with one attached hydrogen (secondary N) is 3. The first kappa shape index (κ1) is 28.2. The van der Waals surface area contributed by atoms with Gasteiger partial charge < -0.3 is 25.4 Å². The number of methoxy groups -OCH3 is 1. The number of anilines is 2. The Bertz CT molecular complexity index is 1390. The van der Waals surface area contributed by atoms with Gasteiger partial charge >= 0.3 is 18.0 Å². The molecule has 1 heterocycles. The van der Waals surface area contributed by atoms with Crippen molar-refractivity contribution < 1.29 is 23.9 Å². The number of hydrogen-bond donors (Lipinski definition) is 3. The number of unbranched alkanes of at least 4 members (excludes halogenated alkanes) is 1. The topological polar surface area (TPSA) is 109 Å². The van der Waals surface area contributed by atoms with Crippen LogP contribution in [0.1, 0.15) is 43.9 Å². The van der Waals surface area contributed by atoms with Gasteiger partial charge in [0, 0.05) is 24.0 Å². The Kier molecular flexibility index (Phi) is 9.40. The Morgan fingerprint density at radius 2 is 1.62 bits per heavy atom. The van der Waals surface area contributed by atoms with Crippen molar-refractivity contribution in [2.45, 2.75) is 32.7 Å². The van der Waals surface area contributed by atoms with Gasteiger partial charge in [0.05, 0.1) is 31.0 Å². The number of nitrogens with zero attached hydrogens (tertiary/aromatic N) is 1. The average molecular weight is 543 g/mol. The number of urea groups is 2. The number of rotatable bonds is 10.